The molecule has 26 heavy (non-hydrogen) atoms. The van der Waals surface area contributed by atoms with Gasteiger partial charge in [-0.25, -0.2) is 4.98 Å². The highest BCUT2D eigenvalue weighted by Gasteiger charge is 2.03. The van der Waals surface area contributed by atoms with Crippen LogP contribution in [0.4, 0.5) is 0 Å². The van der Waals surface area contributed by atoms with E-state index in [0.29, 0.717) is 29.8 Å². The van der Waals surface area contributed by atoms with Gasteiger partial charge in [-0.2, -0.15) is 0 Å². The number of hydrogen-bond acceptors (Lipinski definition) is 3. The Bertz CT molecular complexity index is 694. The fourth-order valence-electron chi connectivity index (χ4n) is 2.15. The molecule has 0 unspecified atom stereocenters. The van der Waals surface area contributed by atoms with E-state index in [1.54, 1.807) is 31.4 Å². The average Bonchev–Trinajstić information content (AvgIpc) is 2.65. The van der Waals surface area contributed by atoms with Gasteiger partial charge in [-0.1, -0.05) is 35.9 Å². The zero-order chi connectivity index (χ0) is 17.9. The standard InChI is InChI=1S/C18H22ClN5O.HI/c1-20-18(22-10-9-14-7-8-16(19)24-13-14)23-12-11-21-17(25)15-5-3-2-4-6-15;/h2-8,13H,9-12H2,1H3,(H,21,25)(H2,20,22,23);1H. The largest absolute Gasteiger partial charge is 0.356 e. The highest BCUT2D eigenvalue weighted by Crippen LogP contribution is 2.05. The topological polar surface area (TPSA) is 78.4 Å². The second-order valence-electron chi connectivity index (χ2n) is 5.29. The maximum atomic E-state index is 11.9. The summed E-state index contributed by atoms with van der Waals surface area (Å²) >= 11 is 5.77. The highest BCUT2D eigenvalue weighted by molar-refractivity contribution is 14.0. The van der Waals surface area contributed by atoms with Gasteiger partial charge in [0, 0.05) is 38.4 Å². The van der Waals surface area contributed by atoms with Crippen molar-refractivity contribution in [2.24, 2.45) is 4.99 Å². The molecule has 1 amide bonds. The quantitative estimate of drug-likeness (QED) is 0.184. The summed E-state index contributed by atoms with van der Waals surface area (Å²) in [6.45, 7) is 1.82. The molecule has 0 aliphatic heterocycles. The first-order chi connectivity index (χ1) is 12.2. The third-order valence-electron chi connectivity index (χ3n) is 3.46. The second-order valence-corrected chi connectivity index (χ2v) is 5.67. The molecule has 1 heterocycles. The molecule has 1 aromatic heterocycles. The predicted molar refractivity (Wildman–Crippen MR) is 117 cm³/mol. The monoisotopic (exact) mass is 487 g/mol. The Morgan fingerprint density at radius 3 is 2.38 bits per heavy atom. The third-order valence-corrected chi connectivity index (χ3v) is 3.68. The van der Waals surface area contributed by atoms with E-state index in [9.17, 15) is 4.79 Å². The summed E-state index contributed by atoms with van der Waals surface area (Å²) in [6, 6.07) is 12.9. The molecule has 0 atom stereocenters. The SMILES string of the molecule is CN=C(NCCNC(=O)c1ccccc1)NCCc1ccc(Cl)nc1.I. The van der Waals surface area contributed by atoms with Crippen molar-refractivity contribution in [1.29, 1.82) is 0 Å². The predicted octanol–water partition coefficient (Wildman–Crippen LogP) is 2.49. The lowest BCUT2D eigenvalue weighted by Crippen LogP contribution is -2.42. The summed E-state index contributed by atoms with van der Waals surface area (Å²) in [5.74, 6) is 0.608. The Kier molecular flexibility index (Phi) is 10.6. The van der Waals surface area contributed by atoms with Crippen LogP contribution in [0.2, 0.25) is 5.15 Å². The number of benzene rings is 1. The van der Waals surface area contributed by atoms with E-state index < -0.39 is 0 Å². The molecule has 0 saturated carbocycles. The number of guanidine groups is 1. The van der Waals surface area contributed by atoms with Crippen LogP contribution in [0.25, 0.3) is 0 Å². The Labute approximate surface area is 175 Å². The molecule has 0 radical (unpaired) electrons. The van der Waals surface area contributed by atoms with E-state index in [1.807, 2.05) is 24.3 Å². The first-order valence-electron chi connectivity index (χ1n) is 8.07. The lowest BCUT2D eigenvalue weighted by atomic mass is 10.2. The average molecular weight is 488 g/mol. The highest BCUT2D eigenvalue weighted by atomic mass is 127. The number of pyridine rings is 1. The number of rotatable bonds is 7. The van der Waals surface area contributed by atoms with Crippen LogP contribution in [0.3, 0.4) is 0 Å². The minimum absolute atomic E-state index is 0. The van der Waals surface area contributed by atoms with Crippen molar-refractivity contribution >= 4 is 47.4 Å². The number of aromatic nitrogens is 1. The molecule has 1 aromatic carbocycles. The van der Waals surface area contributed by atoms with Gasteiger partial charge in [0.1, 0.15) is 5.15 Å². The normalized spacial score (nSPS) is 10.6. The van der Waals surface area contributed by atoms with Gasteiger partial charge in [0.05, 0.1) is 0 Å². The van der Waals surface area contributed by atoms with E-state index in [-0.39, 0.29) is 29.9 Å². The van der Waals surface area contributed by atoms with Crippen LogP contribution in [-0.2, 0) is 6.42 Å². The van der Waals surface area contributed by atoms with E-state index in [2.05, 4.69) is 25.9 Å². The fraction of sp³-hybridized carbons (Fsp3) is 0.278. The van der Waals surface area contributed by atoms with Gasteiger partial charge in [0.15, 0.2) is 5.96 Å². The van der Waals surface area contributed by atoms with Gasteiger partial charge < -0.3 is 16.0 Å². The van der Waals surface area contributed by atoms with Crippen LogP contribution in [-0.4, -0.2) is 43.5 Å². The van der Waals surface area contributed by atoms with Crippen molar-refractivity contribution < 1.29 is 4.79 Å². The van der Waals surface area contributed by atoms with Crippen molar-refractivity contribution in [2.75, 3.05) is 26.7 Å². The van der Waals surface area contributed by atoms with Crippen molar-refractivity contribution in [3.05, 3.63) is 64.9 Å². The number of nitrogens with zero attached hydrogens (tertiary/aromatic N) is 2. The molecule has 2 aromatic rings. The van der Waals surface area contributed by atoms with Crippen LogP contribution in [0.15, 0.2) is 53.7 Å². The molecule has 6 nitrogen and oxygen atoms in total. The molecule has 0 aliphatic rings. The van der Waals surface area contributed by atoms with E-state index in [1.165, 1.54) is 0 Å². The van der Waals surface area contributed by atoms with E-state index >= 15 is 0 Å². The Balaban J connectivity index is 0.00000338. The van der Waals surface area contributed by atoms with Crippen LogP contribution in [0.1, 0.15) is 15.9 Å². The third kappa shape index (κ3) is 8.01. The molecular formula is C18H23ClIN5O. The van der Waals surface area contributed by atoms with Crippen molar-refractivity contribution in [2.45, 2.75) is 6.42 Å². The summed E-state index contributed by atoms with van der Waals surface area (Å²) in [4.78, 5) is 20.1. The Morgan fingerprint density at radius 2 is 1.73 bits per heavy atom. The van der Waals surface area contributed by atoms with Crippen molar-refractivity contribution in [1.82, 2.24) is 20.9 Å². The van der Waals surface area contributed by atoms with Gasteiger partial charge in [-0.05, 0) is 30.2 Å². The molecular weight excluding hydrogens is 465 g/mol. The van der Waals surface area contributed by atoms with Crippen molar-refractivity contribution in [3.63, 3.8) is 0 Å². The van der Waals surface area contributed by atoms with Crippen LogP contribution in [0.5, 0.6) is 0 Å². The molecule has 140 valence electrons. The number of carbonyl (C=O) groups is 1. The lowest BCUT2D eigenvalue weighted by molar-refractivity contribution is 0.0954. The molecule has 0 fully saturated rings. The fourth-order valence-corrected chi connectivity index (χ4v) is 2.26. The number of amides is 1. The molecule has 0 spiro atoms. The molecule has 3 N–H and O–H groups in total. The van der Waals surface area contributed by atoms with Gasteiger partial charge in [0.25, 0.3) is 5.91 Å². The number of nitrogens with one attached hydrogen (secondary N) is 3. The summed E-state index contributed by atoms with van der Waals surface area (Å²) < 4.78 is 0. The zero-order valence-electron chi connectivity index (χ0n) is 14.5. The van der Waals surface area contributed by atoms with Crippen LogP contribution in [0, 0.1) is 0 Å². The summed E-state index contributed by atoms with van der Waals surface area (Å²) in [5, 5.41) is 9.73. The van der Waals surface area contributed by atoms with E-state index in [0.717, 1.165) is 18.5 Å². The van der Waals surface area contributed by atoms with Gasteiger partial charge >= 0.3 is 0 Å². The minimum Gasteiger partial charge on any atom is -0.356 e. The Morgan fingerprint density at radius 1 is 1.04 bits per heavy atom. The summed E-state index contributed by atoms with van der Waals surface area (Å²) in [5.41, 5.74) is 1.75. The summed E-state index contributed by atoms with van der Waals surface area (Å²) in [6.07, 6.45) is 2.58. The molecule has 2 rings (SSSR count). The maximum Gasteiger partial charge on any atom is 0.251 e. The smallest absolute Gasteiger partial charge is 0.251 e. The maximum absolute atomic E-state index is 11.9. The molecule has 0 saturated heterocycles. The first-order valence-corrected chi connectivity index (χ1v) is 8.45. The van der Waals surface area contributed by atoms with Gasteiger partial charge in [0.2, 0.25) is 0 Å². The lowest BCUT2D eigenvalue weighted by Gasteiger charge is -2.12. The second kappa shape index (κ2) is 12.5. The zero-order valence-corrected chi connectivity index (χ0v) is 17.6. The number of carbonyl (C=O) groups excluding carboxylic acids is 1. The van der Waals surface area contributed by atoms with Crippen LogP contribution >= 0.6 is 35.6 Å². The van der Waals surface area contributed by atoms with Crippen molar-refractivity contribution in [3.8, 4) is 0 Å². The van der Waals surface area contributed by atoms with Gasteiger partial charge in [-0.3, -0.25) is 9.79 Å². The molecule has 0 aliphatic carbocycles. The minimum atomic E-state index is -0.0828. The number of hydrogen-bond donors (Lipinski definition) is 3. The molecule has 0 bridgehead atoms. The first kappa shape index (κ1) is 22.2. The molecule has 8 heteroatoms. The summed E-state index contributed by atoms with van der Waals surface area (Å²) in [7, 11) is 1.71. The Hall–Kier alpha value is -1.87. The van der Waals surface area contributed by atoms with E-state index in [4.69, 9.17) is 11.6 Å². The van der Waals surface area contributed by atoms with Gasteiger partial charge in [-0.15, -0.1) is 24.0 Å². The van der Waals surface area contributed by atoms with Crippen LogP contribution < -0.4 is 16.0 Å². The number of halogens is 2. The number of aliphatic imine (C=N–C) groups is 1.